The molecule has 0 bridgehead atoms. The Balaban J connectivity index is 0.000000956. The van der Waals surface area contributed by atoms with Gasteiger partial charge in [0.2, 0.25) is 0 Å². The van der Waals surface area contributed by atoms with Crippen LogP contribution in [0.1, 0.15) is 45.1 Å². The quantitative estimate of drug-likeness (QED) is 0.810. The second kappa shape index (κ2) is 10.7. The first-order chi connectivity index (χ1) is 9.90. The molecule has 3 heteroatoms. The third kappa shape index (κ3) is 5.93. The zero-order valence-corrected chi connectivity index (χ0v) is 13.1. The third-order valence-corrected chi connectivity index (χ3v) is 3.52. The lowest BCUT2D eigenvalue weighted by molar-refractivity contribution is 0.204. The van der Waals surface area contributed by atoms with Gasteiger partial charge in [-0.05, 0) is 38.4 Å². The SMILES string of the molecule is CC.NCc1ccccc1OCCCN1CCCCC1. The predicted octanol–water partition coefficient (Wildman–Crippen LogP) is 3.43. The highest BCUT2D eigenvalue weighted by atomic mass is 16.5. The maximum Gasteiger partial charge on any atom is 0.123 e. The second-order valence-corrected chi connectivity index (χ2v) is 4.92. The molecule has 0 aliphatic carbocycles. The zero-order chi connectivity index (χ0) is 14.6. The van der Waals surface area contributed by atoms with Crippen LogP contribution in [0.15, 0.2) is 24.3 Å². The number of ether oxygens (including phenoxy) is 1. The van der Waals surface area contributed by atoms with Crippen LogP contribution in [0.3, 0.4) is 0 Å². The minimum absolute atomic E-state index is 0.544. The topological polar surface area (TPSA) is 38.5 Å². The number of para-hydroxylation sites is 1. The molecule has 1 aromatic carbocycles. The fourth-order valence-electron chi connectivity index (χ4n) is 2.47. The summed E-state index contributed by atoms with van der Waals surface area (Å²) in [5, 5.41) is 0. The summed E-state index contributed by atoms with van der Waals surface area (Å²) >= 11 is 0. The Bertz CT molecular complexity index is 349. The molecule has 1 saturated heterocycles. The molecule has 114 valence electrons. The molecule has 0 aromatic heterocycles. The van der Waals surface area contributed by atoms with Crippen LogP contribution in [-0.2, 0) is 6.54 Å². The molecule has 0 atom stereocenters. The van der Waals surface area contributed by atoms with E-state index in [-0.39, 0.29) is 0 Å². The Morgan fingerprint density at radius 1 is 1.10 bits per heavy atom. The van der Waals surface area contributed by atoms with E-state index >= 15 is 0 Å². The van der Waals surface area contributed by atoms with Crippen molar-refractivity contribution in [1.29, 1.82) is 0 Å². The molecule has 0 radical (unpaired) electrons. The van der Waals surface area contributed by atoms with Gasteiger partial charge in [0.1, 0.15) is 5.75 Å². The minimum atomic E-state index is 0.544. The monoisotopic (exact) mass is 278 g/mol. The maximum absolute atomic E-state index is 5.81. The molecule has 3 nitrogen and oxygen atoms in total. The average molecular weight is 278 g/mol. The van der Waals surface area contributed by atoms with Gasteiger partial charge in [0.05, 0.1) is 6.61 Å². The van der Waals surface area contributed by atoms with E-state index in [9.17, 15) is 0 Å². The van der Waals surface area contributed by atoms with Gasteiger partial charge in [0.25, 0.3) is 0 Å². The number of nitrogens with zero attached hydrogens (tertiary/aromatic N) is 1. The van der Waals surface area contributed by atoms with Gasteiger partial charge < -0.3 is 15.4 Å². The third-order valence-electron chi connectivity index (χ3n) is 3.52. The van der Waals surface area contributed by atoms with E-state index < -0.39 is 0 Å². The summed E-state index contributed by atoms with van der Waals surface area (Å²) in [6, 6.07) is 8.03. The number of rotatable bonds is 6. The van der Waals surface area contributed by atoms with Gasteiger partial charge in [-0.1, -0.05) is 38.5 Å². The van der Waals surface area contributed by atoms with Crippen LogP contribution in [-0.4, -0.2) is 31.1 Å². The molecule has 1 aliphatic rings. The van der Waals surface area contributed by atoms with Crippen LogP contribution in [0.4, 0.5) is 0 Å². The standard InChI is InChI=1S/C15H24N2O.C2H6/c16-13-14-7-2-3-8-15(14)18-12-6-11-17-9-4-1-5-10-17;1-2/h2-3,7-8H,1,4-6,9-13,16H2;1-2H3. The fourth-order valence-corrected chi connectivity index (χ4v) is 2.47. The van der Waals surface area contributed by atoms with Crippen LogP contribution in [0.5, 0.6) is 5.75 Å². The van der Waals surface area contributed by atoms with E-state index in [0.717, 1.165) is 30.9 Å². The Morgan fingerprint density at radius 2 is 1.80 bits per heavy atom. The van der Waals surface area contributed by atoms with Crippen molar-refractivity contribution in [3.63, 3.8) is 0 Å². The molecule has 2 rings (SSSR count). The van der Waals surface area contributed by atoms with E-state index in [4.69, 9.17) is 10.5 Å². The van der Waals surface area contributed by atoms with E-state index in [1.54, 1.807) is 0 Å². The molecular weight excluding hydrogens is 248 g/mol. The van der Waals surface area contributed by atoms with Crippen molar-refractivity contribution in [2.75, 3.05) is 26.2 Å². The van der Waals surface area contributed by atoms with Crippen molar-refractivity contribution in [2.45, 2.75) is 46.1 Å². The number of nitrogens with two attached hydrogens (primary N) is 1. The molecule has 0 amide bonds. The number of likely N-dealkylation sites (tertiary alicyclic amines) is 1. The molecule has 0 saturated carbocycles. The highest BCUT2D eigenvalue weighted by molar-refractivity contribution is 5.32. The van der Waals surface area contributed by atoms with E-state index in [1.165, 1.54) is 32.4 Å². The normalized spacial score (nSPS) is 15.3. The highest BCUT2D eigenvalue weighted by Crippen LogP contribution is 2.17. The molecular formula is C17H30N2O. The van der Waals surface area contributed by atoms with E-state index in [0.29, 0.717) is 6.54 Å². The molecule has 1 fully saturated rings. The van der Waals surface area contributed by atoms with Crippen LogP contribution in [0.25, 0.3) is 0 Å². The predicted molar refractivity (Wildman–Crippen MR) is 86.1 cm³/mol. The molecule has 1 heterocycles. The summed E-state index contributed by atoms with van der Waals surface area (Å²) in [4.78, 5) is 2.54. The van der Waals surface area contributed by atoms with Crippen molar-refractivity contribution in [1.82, 2.24) is 4.90 Å². The number of hydrogen-bond acceptors (Lipinski definition) is 3. The average Bonchev–Trinajstić information content (AvgIpc) is 2.55. The van der Waals surface area contributed by atoms with Gasteiger partial charge in [-0.2, -0.15) is 0 Å². The summed E-state index contributed by atoms with van der Waals surface area (Å²) in [6.45, 7) is 9.01. The lowest BCUT2D eigenvalue weighted by Crippen LogP contribution is -2.31. The Hall–Kier alpha value is -1.06. The summed E-state index contributed by atoms with van der Waals surface area (Å²) in [5.74, 6) is 0.943. The zero-order valence-electron chi connectivity index (χ0n) is 13.1. The Kier molecular flexibility index (Phi) is 9.09. The molecule has 1 aliphatic heterocycles. The van der Waals surface area contributed by atoms with Gasteiger partial charge >= 0.3 is 0 Å². The molecule has 20 heavy (non-hydrogen) atoms. The van der Waals surface area contributed by atoms with Crippen molar-refractivity contribution in [3.05, 3.63) is 29.8 Å². The van der Waals surface area contributed by atoms with E-state index in [1.807, 2.05) is 38.1 Å². The van der Waals surface area contributed by atoms with Crippen molar-refractivity contribution < 1.29 is 4.74 Å². The van der Waals surface area contributed by atoms with Crippen LogP contribution >= 0.6 is 0 Å². The summed E-state index contributed by atoms with van der Waals surface area (Å²) in [7, 11) is 0. The first-order valence-corrected chi connectivity index (χ1v) is 8.03. The van der Waals surface area contributed by atoms with Crippen molar-refractivity contribution >= 4 is 0 Å². The van der Waals surface area contributed by atoms with Gasteiger partial charge in [-0.3, -0.25) is 0 Å². The van der Waals surface area contributed by atoms with Gasteiger partial charge in [-0.15, -0.1) is 0 Å². The lowest BCUT2D eigenvalue weighted by atomic mass is 10.1. The molecule has 0 unspecified atom stereocenters. The van der Waals surface area contributed by atoms with Gasteiger partial charge in [0, 0.05) is 18.7 Å². The summed E-state index contributed by atoms with van der Waals surface area (Å²) in [5.41, 5.74) is 6.78. The molecule has 0 spiro atoms. The minimum Gasteiger partial charge on any atom is -0.493 e. The second-order valence-electron chi connectivity index (χ2n) is 4.92. The number of hydrogen-bond donors (Lipinski definition) is 1. The Labute approximate surface area is 124 Å². The first kappa shape index (κ1) is 17.0. The summed E-state index contributed by atoms with van der Waals surface area (Å²) < 4.78 is 5.81. The van der Waals surface area contributed by atoms with E-state index in [2.05, 4.69) is 4.90 Å². The highest BCUT2D eigenvalue weighted by Gasteiger charge is 2.09. The van der Waals surface area contributed by atoms with Gasteiger partial charge in [-0.25, -0.2) is 0 Å². The lowest BCUT2D eigenvalue weighted by Gasteiger charge is -2.26. The number of benzene rings is 1. The summed E-state index contributed by atoms with van der Waals surface area (Å²) in [6.07, 6.45) is 5.21. The van der Waals surface area contributed by atoms with Crippen LogP contribution in [0.2, 0.25) is 0 Å². The smallest absolute Gasteiger partial charge is 0.123 e. The van der Waals surface area contributed by atoms with Gasteiger partial charge in [0.15, 0.2) is 0 Å². The van der Waals surface area contributed by atoms with Crippen molar-refractivity contribution in [2.24, 2.45) is 5.73 Å². The maximum atomic E-state index is 5.81. The van der Waals surface area contributed by atoms with Crippen molar-refractivity contribution in [3.8, 4) is 5.75 Å². The molecule has 2 N–H and O–H groups in total. The van der Waals surface area contributed by atoms with Crippen LogP contribution in [0, 0.1) is 0 Å². The largest absolute Gasteiger partial charge is 0.493 e. The molecule has 1 aromatic rings. The first-order valence-electron chi connectivity index (χ1n) is 8.03. The fraction of sp³-hybridized carbons (Fsp3) is 0.647. The number of piperidine rings is 1. The Morgan fingerprint density at radius 3 is 2.50 bits per heavy atom. The van der Waals surface area contributed by atoms with Crippen LogP contribution < -0.4 is 10.5 Å².